The molecule has 0 unspecified atom stereocenters. The normalized spacial score (nSPS) is 11.4. The lowest BCUT2D eigenvalue weighted by Gasteiger charge is -2.16. The smallest absolute Gasteiger partial charge is 0.321 e. The highest BCUT2D eigenvalue weighted by Crippen LogP contribution is 2.25. The highest BCUT2D eigenvalue weighted by Gasteiger charge is 2.23. The van der Waals surface area contributed by atoms with Crippen LogP contribution in [-0.2, 0) is 26.2 Å². The van der Waals surface area contributed by atoms with Gasteiger partial charge in [0.25, 0.3) is 0 Å². The van der Waals surface area contributed by atoms with Crippen molar-refractivity contribution in [2.75, 3.05) is 6.54 Å². The van der Waals surface area contributed by atoms with Crippen molar-refractivity contribution in [3.63, 3.8) is 0 Å². The van der Waals surface area contributed by atoms with Crippen LogP contribution < -0.4 is 4.72 Å². The van der Waals surface area contributed by atoms with E-state index in [9.17, 15) is 13.2 Å². The fraction of sp³-hybridized carbons (Fsp3) is 0.316. The zero-order chi connectivity index (χ0) is 18.6. The summed E-state index contributed by atoms with van der Waals surface area (Å²) in [4.78, 5) is 12.1. The Morgan fingerprint density at radius 2 is 1.56 bits per heavy atom. The predicted octanol–water partition coefficient (Wildman–Crippen LogP) is 2.94. The van der Waals surface area contributed by atoms with Gasteiger partial charge in [0.05, 0.1) is 4.90 Å². The van der Waals surface area contributed by atoms with E-state index in [0.29, 0.717) is 11.1 Å². The van der Waals surface area contributed by atoms with Crippen molar-refractivity contribution < 1.29 is 17.9 Å². The molecule has 0 fully saturated rings. The lowest BCUT2D eigenvalue weighted by Crippen LogP contribution is -2.31. The van der Waals surface area contributed by atoms with Crippen LogP contribution in [-0.4, -0.2) is 20.9 Å². The number of nitrogens with one attached hydrogen (secondary N) is 1. The topological polar surface area (TPSA) is 72.5 Å². The molecule has 1 N–H and O–H groups in total. The van der Waals surface area contributed by atoms with Gasteiger partial charge in [0.2, 0.25) is 10.0 Å². The molecule has 0 aliphatic heterocycles. The van der Waals surface area contributed by atoms with E-state index in [1.807, 2.05) is 50.2 Å². The van der Waals surface area contributed by atoms with Gasteiger partial charge in [-0.05, 0) is 55.5 Å². The third kappa shape index (κ3) is 4.67. The molecule has 2 aromatic carbocycles. The first-order valence-corrected chi connectivity index (χ1v) is 9.47. The fourth-order valence-corrected chi connectivity index (χ4v) is 4.18. The first-order chi connectivity index (χ1) is 11.7. The first kappa shape index (κ1) is 19.1. The fourth-order valence-electron chi connectivity index (χ4n) is 2.60. The largest absolute Gasteiger partial charge is 0.460 e. The highest BCUT2D eigenvalue weighted by atomic mass is 32.2. The van der Waals surface area contributed by atoms with E-state index in [2.05, 4.69) is 4.72 Å². The number of aryl methyl sites for hydroxylation is 2. The molecule has 0 aliphatic carbocycles. The number of carbonyl (C=O) groups excluding carboxylic acids is 1. The van der Waals surface area contributed by atoms with Gasteiger partial charge in [0.15, 0.2) is 0 Å². The average molecular weight is 361 g/mol. The van der Waals surface area contributed by atoms with Crippen LogP contribution in [0.1, 0.15) is 27.8 Å². The number of rotatable bonds is 6. The maximum Gasteiger partial charge on any atom is 0.321 e. The van der Waals surface area contributed by atoms with Gasteiger partial charge < -0.3 is 4.74 Å². The van der Waals surface area contributed by atoms with Crippen molar-refractivity contribution >= 4 is 16.0 Å². The van der Waals surface area contributed by atoms with Gasteiger partial charge in [-0.2, -0.15) is 4.72 Å². The Bertz CT molecular complexity index is 848. The summed E-state index contributed by atoms with van der Waals surface area (Å²) >= 11 is 0. The predicted molar refractivity (Wildman–Crippen MR) is 96.8 cm³/mol. The van der Waals surface area contributed by atoms with Crippen molar-refractivity contribution in [3.8, 4) is 0 Å². The summed E-state index contributed by atoms with van der Waals surface area (Å²) in [5.41, 5.74) is 4.02. The molecule has 0 saturated carbocycles. The van der Waals surface area contributed by atoms with Crippen molar-refractivity contribution in [2.24, 2.45) is 0 Å². The molecule has 0 amide bonds. The Morgan fingerprint density at radius 1 is 1.00 bits per heavy atom. The maximum atomic E-state index is 12.6. The lowest BCUT2D eigenvalue weighted by atomic mass is 10.0. The number of sulfonamides is 1. The van der Waals surface area contributed by atoms with Crippen LogP contribution in [0.25, 0.3) is 0 Å². The molecule has 0 heterocycles. The van der Waals surface area contributed by atoms with Gasteiger partial charge >= 0.3 is 5.97 Å². The summed E-state index contributed by atoms with van der Waals surface area (Å²) in [7, 11) is -3.80. The lowest BCUT2D eigenvalue weighted by molar-refractivity contribution is -0.143. The Morgan fingerprint density at radius 3 is 2.12 bits per heavy atom. The molecule has 6 heteroatoms. The molecule has 25 heavy (non-hydrogen) atoms. The molecule has 0 saturated heterocycles. The molecule has 0 aromatic heterocycles. The van der Waals surface area contributed by atoms with Gasteiger partial charge in [-0.15, -0.1) is 0 Å². The number of hydrogen-bond donors (Lipinski definition) is 1. The summed E-state index contributed by atoms with van der Waals surface area (Å²) in [6.07, 6.45) is 0. The second-order valence-electron chi connectivity index (χ2n) is 6.06. The van der Waals surface area contributed by atoms with Crippen molar-refractivity contribution in [1.29, 1.82) is 0 Å². The van der Waals surface area contributed by atoms with Crippen LogP contribution in [0.4, 0.5) is 0 Å². The maximum absolute atomic E-state index is 12.6. The highest BCUT2D eigenvalue weighted by molar-refractivity contribution is 7.89. The number of benzene rings is 2. The molecule has 0 spiro atoms. The van der Waals surface area contributed by atoms with Crippen molar-refractivity contribution in [1.82, 2.24) is 4.72 Å². The van der Waals surface area contributed by atoms with Crippen LogP contribution in [0.15, 0.2) is 41.3 Å². The van der Waals surface area contributed by atoms with Crippen LogP contribution in [0.2, 0.25) is 0 Å². The molecule has 2 rings (SSSR count). The van der Waals surface area contributed by atoms with E-state index in [1.165, 1.54) is 0 Å². The summed E-state index contributed by atoms with van der Waals surface area (Å²) in [5, 5.41) is 0. The Balaban J connectivity index is 2.06. The Kier molecular flexibility index (Phi) is 5.98. The number of esters is 1. The van der Waals surface area contributed by atoms with E-state index in [0.717, 1.165) is 16.7 Å². The van der Waals surface area contributed by atoms with E-state index in [4.69, 9.17) is 4.74 Å². The van der Waals surface area contributed by atoms with Crippen LogP contribution in [0, 0.1) is 27.7 Å². The third-order valence-corrected chi connectivity index (χ3v) is 5.89. The number of hydrogen-bond acceptors (Lipinski definition) is 4. The molecular weight excluding hydrogens is 338 g/mol. The zero-order valence-corrected chi connectivity index (χ0v) is 15.7. The summed E-state index contributed by atoms with van der Waals surface area (Å²) in [6, 6.07) is 11.2. The molecule has 0 atom stereocenters. The molecular formula is C19H23NO4S. The molecule has 2 aromatic rings. The summed E-state index contributed by atoms with van der Waals surface area (Å²) < 4.78 is 32.7. The monoisotopic (exact) mass is 361 g/mol. The van der Waals surface area contributed by atoms with Crippen LogP contribution >= 0.6 is 0 Å². The van der Waals surface area contributed by atoms with Gasteiger partial charge in [-0.25, -0.2) is 8.42 Å². The Labute approximate surface area is 149 Å². The zero-order valence-electron chi connectivity index (χ0n) is 14.9. The van der Waals surface area contributed by atoms with Gasteiger partial charge in [0.1, 0.15) is 13.2 Å². The van der Waals surface area contributed by atoms with E-state index < -0.39 is 22.5 Å². The van der Waals surface area contributed by atoms with Crippen LogP contribution in [0.5, 0.6) is 0 Å². The molecule has 0 aliphatic rings. The Hall–Kier alpha value is -2.18. The minimum Gasteiger partial charge on any atom is -0.460 e. The van der Waals surface area contributed by atoms with Gasteiger partial charge in [-0.3, -0.25) is 4.79 Å². The van der Waals surface area contributed by atoms with E-state index in [-0.39, 0.29) is 11.5 Å². The standard InChI is InChI=1S/C19H23NO4S/c1-13-10-14(2)16(4)19(15(13)3)25(22,23)20-11-18(21)24-12-17-8-6-5-7-9-17/h5-10,20H,11-12H2,1-4H3. The minimum atomic E-state index is -3.80. The molecule has 0 radical (unpaired) electrons. The molecule has 0 bridgehead atoms. The van der Waals surface area contributed by atoms with Gasteiger partial charge in [-0.1, -0.05) is 36.4 Å². The second-order valence-corrected chi connectivity index (χ2v) is 7.76. The van der Waals surface area contributed by atoms with Crippen molar-refractivity contribution in [2.45, 2.75) is 39.2 Å². The summed E-state index contributed by atoms with van der Waals surface area (Å²) in [5.74, 6) is -0.618. The molecule has 5 nitrogen and oxygen atoms in total. The van der Waals surface area contributed by atoms with Gasteiger partial charge in [0, 0.05) is 0 Å². The third-order valence-electron chi connectivity index (χ3n) is 4.22. The van der Waals surface area contributed by atoms with Crippen LogP contribution in [0.3, 0.4) is 0 Å². The van der Waals surface area contributed by atoms with E-state index in [1.54, 1.807) is 13.8 Å². The molecule has 134 valence electrons. The average Bonchev–Trinajstić information content (AvgIpc) is 2.57. The summed E-state index contributed by atoms with van der Waals surface area (Å²) in [6.45, 7) is 6.99. The van der Waals surface area contributed by atoms with E-state index >= 15 is 0 Å². The van der Waals surface area contributed by atoms with Crippen molar-refractivity contribution in [3.05, 3.63) is 64.2 Å². The minimum absolute atomic E-state index is 0.114. The quantitative estimate of drug-likeness (QED) is 0.803. The number of ether oxygens (including phenoxy) is 1. The SMILES string of the molecule is Cc1cc(C)c(C)c(S(=O)(=O)NCC(=O)OCc2ccccc2)c1C. The number of carbonyl (C=O) groups is 1. The second kappa shape index (κ2) is 7.80. The first-order valence-electron chi connectivity index (χ1n) is 7.99.